The number of carbonyl (C=O) groups excluding carboxylic acids is 2. The van der Waals surface area contributed by atoms with Gasteiger partial charge in [-0.1, -0.05) is 12.8 Å². The number of nitrogens with one attached hydrogen (secondary N) is 1. The Balaban J connectivity index is 1.82. The second-order valence-electron chi connectivity index (χ2n) is 7.39. The van der Waals surface area contributed by atoms with Gasteiger partial charge >= 0.3 is 0 Å². The molecular weight excluding hydrogens is 332 g/mol. The molecule has 1 aliphatic carbocycles. The van der Waals surface area contributed by atoms with Crippen LogP contribution in [0.5, 0.6) is 11.5 Å². The highest BCUT2D eigenvalue weighted by atomic mass is 16.5. The number of likely N-dealkylation sites (tertiary alicyclic amines) is 1. The highest BCUT2D eigenvalue weighted by molar-refractivity contribution is 5.94. The Bertz CT molecular complexity index is 684. The second-order valence-corrected chi connectivity index (χ2v) is 7.39. The topological polar surface area (TPSA) is 67.9 Å². The third-order valence-corrected chi connectivity index (χ3v) is 5.72. The van der Waals surface area contributed by atoms with Gasteiger partial charge in [0.2, 0.25) is 11.8 Å². The van der Waals surface area contributed by atoms with E-state index in [1.54, 1.807) is 19.1 Å². The quantitative estimate of drug-likeness (QED) is 0.847. The molecule has 1 aromatic carbocycles. The Morgan fingerprint density at radius 3 is 2.65 bits per heavy atom. The van der Waals surface area contributed by atoms with Crippen LogP contribution >= 0.6 is 0 Å². The molecule has 0 aromatic heterocycles. The standard InChI is InChI=1S/C20H28N2O4/c1-20(19(24)21-15-6-4-5-7-15)11-10-18(23)22(20)13-14-12-16(25-2)8-9-17(14)26-3/h8-9,12,15H,4-7,10-11,13H2,1-3H3,(H,21,24). The molecule has 6 nitrogen and oxygen atoms in total. The van der Waals surface area contributed by atoms with Crippen molar-refractivity contribution in [3.63, 3.8) is 0 Å². The average molecular weight is 360 g/mol. The first-order valence-electron chi connectivity index (χ1n) is 9.30. The summed E-state index contributed by atoms with van der Waals surface area (Å²) < 4.78 is 10.7. The minimum atomic E-state index is -0.826. The van der Waals surface area contributed by atoms with Gasteiger partial charge in [0.1, 0.15) is 17.0 Å². The number of ether oxygens (including phenoxy) is 2. The van der Waals surface area contributed by atoms with Crippen LogP contribution in [0.1, 0.15) is 51.0 Å². The van der Waals surface area contributed by atoms with E-state index in [1.165, 1.54) is 0 Å². The molecule has 1 N–H and O–H groups in total. The molecule has 6 heteroatoms. The Labute approximate surface area is 154 Å². The van der Waals surface area contributed by atoms with Crippen molar-refractivity contribution in [2.75, 3.05) is 14.2 Å². The molecule has 3 rings (SSSR count). The summed E-state index contributed by atoms with van der Waals surface area (Å²) in [4.78, 5) is 27.2. The van der Waals surface area contributed by atoms with Crippen molar-refractivity contribution in [2.24, 2.45) is 0 Å². The van der Waals surface area contributed by atoms with Gasteiger partial charge in [0.25, 0.3) is 0 Å². The summed E-state index contributed by atoms with van der Waals surface area (Å²) >= 11 is 0. The van der Waals surface area contributed by atoms with Gasteiger partial charge in [-0.3, -0.25) is 9.59 Å². The number of amides is 2. The van der Waals surface area contributed by atoms with Crippen LogP contribution in [0.3, 0.4) is 0 Å². The zero-order chi connectivity index (χ0) is 18.7. The van der Waals surface area contributed by atoms with E-state index in [0.29, 0.717) is 30.9 Å². The second kappa shape index (κ2) is 7.56. The van der Waals surface area contributed by atoms with Crippen LogP contribution in [0.4, 0.5) is 0 Å². The summed E-state index contributed by atoms with van der Waals surface area (Å²) in [7, 11) is 3.20. The number of hydrogen-bond donors (Lipinski definition) is 1. The number of methoxy groups -OCH3 is 2. The van der Waals surface area contributed by atoms with Crippen molar-refractivity contribution in [1.82, 2.24) is 10.2 Å². The number of hydrogen-bond acceptors (Lipinski definition) is 4. The van der Waals surface area contributed by atoms with E-state index < -0.39 is 5.54 Å². The van der Waals surface area contributed by atoms with Crippen LogP contribution in [-0.4, -0.2) is 42.5 Å². The lowest BCUT2D eigenvalue weighted by Gasteiger charge is -2.35. The average Bonchev–Trinajstić information content (AvgIpc) is 3.25. The van der Waals surface area contributed by atoms with Crippen LogP contribution in [0.25, 0.3) is 0 Å². The van der Waals surface area contributed by atoms with E-state index >= 15 is 0 Å². The summed E-state index contributed by atoms with van der Waals surface area (Å²) in [6.45, 7) is 2.20. The third-order valence-electron chi connectivity index (χ3n) is 5.72. The molecule has 2 amide bonds. The zero-order valence-electron chi connectivity index (χ0n) is 15.8. The monoisotopic (exact) mass is 360 g/mol. The molecule has 0 bridgehead atoms. The Morgan fingerprint density at radius 1 is 1.27 bits per heavy atom. The normalized spacial score (nSPS) is 23.3. The highest BCUT2D eigenvalue weighted by Crippen LogP contribution is 2.35. The predicted octanol–water partition coefficient (Wildman–Crippen LogP) is 2.64. The van der Waals surface area contributed by atoms with Gasteiger partial charge in [-0.2, -0.15) is 0 Å². The van der Waals surface area contributed by atoms with Crippen molar-refractivity contribution in [3.8, 4) is 11.5 Å². The Hall–Kier alpha value is -2.24. The molecular formula is C20H28N2O4. The van der Waals surface area contributed by atoms with Crippen molar-refractivity contribution >= 4 is 11.8 Å². The van der Waals surface area contributed by atoms with Crippen molar-refractivity contribution < 1.29 is 19.1 Å². The predicted molar refractivity (Wildman–Crippen MR) is 98.1 cm³/mol. The van der Waals surface area contributed by atoms with Gasteiger partial charge in [0.15, 0.2) is 0 Å². The minimum absolute atomic E-state index is 0.000977. The Morgan fingerprint density at radius 2 is 2.00 bits per heavy atom. The zero-order valence-corrected chi connectivity index (χ0v) is 15.8. The van der Waals surface area contributed by atoms with Crippen LogP contribution in [0.15, 0.2) is 18.2 Å². The first-order valence-corrected chi connectivity index (χ1v) is 9.30. The lowest BCUT2D eigenvalue weighted by molar-refractivity contribution is -0.141. The smallest absolute Gasteiger partial charge is 0.245 e. The summed E-state index contributed by atoms with van der Waals surface area (Å²) in [6, 6.07) is 5.74. The van der Waals surface area contributed by atoms with Gasteiger partial charge in [0.05, 0.1) is 20.8 Å². The maximum absolute atomic E-state index is 13.0. The highest BCUT2D eigenvalue weighted by Gasteiger charge is 2.47. The molecule has 1 aromatic rings. The number of benzene rings is 1. The van der Waals surface area contributed by atoms with E-state index in [-0.39, 0.29) is 17.9 Å². The summed E-state index contributed by atoms with van der Waals surface area (Å²) in [5, 5.41) is 3.16. The molecule has 1 saturated carbocycles. The summed E-state index contributed by atoms with van der Waals surface area (Å²) in [5.74, 6) is 1.34. The molecule has 1 atom stereocenters. The van der Waals surface area contributed by atoms with Crippen LogP contribution in [0.2, 0.25) is 0 Å². The fourth-order valence-electron chi connectivity index (χ4n) is 3.98. The first kappa shape index (κ1) is 18.5. The molecule has 2 aliphatic rings. The lowest BCUT2D eigenvalue weighted by atomic mass is 9.96. The fourth-order valence-corrected chi connectivity index (χ4v) is 3.98. The largest absolute Gasteiger partial charge is 0.497 e. The molecule has 0 radical (unpaired) electrons. The van der Waals surface area contributed by atoms with E-state index in [4.69, 9.17) is 9.47 Å². The molecule has 26 heavy (non-hydrogen) atoms. The molecule has 2 fully saturated rings. The van der Waals surface area contributed by atoms with Gasteiger partial charge in [-0.25, -0.2) is 0 Å². The van der Waals surface area contributed by atoms with Crippen LogP contribution in [0, 0.1) is 0 Å². The van der Waals surface area contributed by atoms with Gasteiger partial charge in [-0.05, 0) is 44.4 Å². The van der Waals surface area contributed by atoms with Crippen molar-refractivity contribution in [1.29, 1.82) is 0 Å². The lowest BCUT2D eigenvalue weighted by Crippen LogP contribution is -2.55. The third kappa shape index (κ3) is 3.50. The first-order chi connectivity index (χ1) is 12.5. The van der Waals surface area contributed by atoms with Crippen LogP contribution < -0.4 is 14.8 Å². The summed E-state index contributed by atoms with van der Waals surface area (Å²) in [5.41, 5.74) is 0.00954. The molecule has 1 heterocycles. The summed E-state index contributed by atoms with van der Waals surface area (Å²) in [6.07, 6.45) is 5.30. The number of nitrogens with zero attached hydrogens (tertiary/aromatic N) is 1. The van der Waals surface area contributed by atoms with Gasteiger partial charge < -0.3 is 19.7 Å². The van der Waals surface area contributed by atoms with Crippen molar-refractivity contribution in [2.45, 2.75) is 63.6 Å². The van der Waals surface area contributed by atoms with E-state index in [2.05, 4.69) is 5.32 Å². The fraction of sp³-hybridized carbons (Fsp3) is 0.600. The van der Waals surface area contributed by atoms with E-state index in [1.807, 2.05) is 25.1 Å². The van der Waals surface area contributed by atoms with Gasteiger partial charge in [0, 0.05) is 18.0 Å². The van der Waals surface area contributed by atoms with E-state index in [0.717, 1.165) is 31.2 Å². The Kier molecular flexibility index (Phi) is 5.39. The number of rotatable bonds is 6. The maximum atomic E-state index is 13.0. The molecule has 1 saturated heterocycles. The van der Waals surface area contributed by atoms with E-state index in [9.17, 15) is 9.59 Å². The maximum Gasteiger partial charge on any atom is 0.245 e. The minimum Gasteiger partial charge on any atom is -0.497 e. The van der Waals surface area contributed by atoms with Gasteiger partial charge in [-0.15, -0.1) is 0 Å². The van der Waals surface area contributed by atoms with Crippen molar-refractivity contribution in [3.05, 3.63) is 23.8 Å². The van der Waals surface area contributed by atoms with Crippen LogP contribution in [-0.2, 0) is 16.1 Å². The molecule has 1 aliphatic heterocycles. The SMILES string of the molecule is COc1ccc(OC)c(CN2C(=O)CCC2(C)C(=O)NC2CCCC2)c1. The molecule has 142 valence electrons. The number of carbonyl (C=O) groups is 2. The molecule has 0 spiro atoms. The molecule has 1 unspecified atom stereocenters.